The van der Waals surface area contributed by atoms with Gasteiger partial charge in [-0.05, 0) is 37.6 Å². The first-order chi connectivity index (χ1) is 8.80. The first kappa shape index (κ1) is 12.8. The lowest BCUT2D eigenvalue weighted by Crippen LogP contribution is -2.14. The Kier molecular flexibility index (Phi) is 4.15. The highest BCUT2D eigenvalue weighted by molar-refractivity contribution is 5.59. The van der Waals surface area contributed by atoms with Crippen LogP contribution in [0.5, 0.6) is 0 Å². The number of benzene rings is 1. The van der Waals surface area contributed by atoms with Crippen molar-refractivity contribution in [3.05, 3.63) is 42.1 Å². The third-order valence-corrected chi connectivity index (χ3v) is 3.38. The molecule has 0 bridgehead atoms. The van der Waals surface area contributed by atoms with E-state index in [1.807, 2.05) is 17.9 Å². The van der Waals surface area contributed by atoms with Gasteiger partial charge in [0.1, 0.15) is 0 Å². The minimum Gasteiger partial charge on any atom is -0.313 e. The van der Waals surface area contributed by atoms with E-state index in [1.165, 1.54) is 16.8 Å². The lowest BCUT2D eigenvalue weighted by Gasteiger charge is -2.14. The molecule has 0 saturated carbocycles. The summed E-state index contributed by atoms with van der Waals surface area (Å²) in [5.74, 6) is 0. The highest BCUT2D eigenvalue weighted by Crippen LogP contribution is 2.22. The van der Waals surface area contributed by atoms with Gasteiger partial charge in [-0.3, -0.25) is 4.68 Å². The Morgan fingerprint density at radius 3 is 2.44 bits per heavy atom. The Bertz CT molecular complexity index is 481. The fraction of sp³-hybridized carbons (Fsp3) is 0.400. The summed E-state index contributed by atoms with van der Waals surface area (Å²) in [6, 6.07) is 11.3. The first-order valence-corrected chi connectivity index (χ1v) is 6.59. The molecule has 0 fully saturated rings. The molecule has 1 N–H and O–H groups in total. The number of hydrogen-bond acceptors (Lipinski definition) is 2. The molecular weight excluding hydrogens is 222 g/mol. The summed E-state index contributed by atoms with van der Waals surface area (Å²) in [6.07, 6.45) is 2.96. The average Bonchev–Trinajstić information content (AvgIpc) is 2.89. The summed E-state index contributed by atoms with van der Waals surface area (Å²) in [7, 11) is 2.01. The first-order valence-electron chi connectivity index (χ1n) is 6.59. The summed E-state index contributed by atoms with van der Waals surface area (Å²) in [6.45, 7) is 5.21. The van der Waals surface area contributed by atoms with Gasteiger partial charge in [-0.15, -0.1) is 0 Å². The molecule has 1 aromatic heterocycles. The van der Waals surface area contributed by atoms with E-state index in [4.69, 9.17) is 0 Å². The summed E-state index contributed by atoms with van der Waals surface area (Å²) < 4.78 is 2.02. The fourth-order valence-corrected chi connectivity index (χ4v) is 2.32. The largest absolute Gasteiger partial charge is 0.313 e. The van der Waals surface area contributed by atoms with Gasteiger partial charge in [-0.1, -0.05) is 31.2 Å². The van der Waals surface area contributed by atoms with Crippen molar-refractivity contribution < 1.29 is 0 Å². The molecule has 0 amide bonds. The predicted molar refractivity (Wildman–Crippen MR) is 75.4 cm³/mol. The number of nitrogens with zero attached hydrogens (tertiary/aromatic N) is 2. The standard InChI is InChI=1S/C15H21N3/c1-4-14(16-3)12-6-8-13(9-7-12)15-10-11-17-18(15)5-2/h6-11,14,16H,4-5H2,1-3H3. The van der Waals surface area contributed by atoms with Crippen molar-refractivity contribution in [1.29, 1.82) is 0 Å². The van der Waals surface area contributed by atoms with Crippen molar-refractivity contribution in [2.45, 2.75) is 32.9 Å². The van der Waals surface area contributed by atoms with Gasteiger partial charge in [-0.25, -0.2) is 0 Å². The van der Waals surface area contributed by atoms with Crippen LogP contribution in [0, 0.1) is 0 Å². The van der Waals surface area contributed by atoms with Crippen molar-refractivity contribution in [3.8, 4) is 11.3 Å². The van der Waals surface area contributed by atoms with Gasteiger partial charge in [0.05, 0.1) is 5.69 Å². The van der Waals surface area contributed by atoms with E-state index in [2.05, 4.69) is 54.6 Å². The molecule has 1 heterocycles. The smallest absolute Gasteiger partial charge is 0.0682 e. The summed E-state index contributed by atoms with van der Waals surface area (Å²) in [5.41, 5.74) is 3.75. The van der Waals surface area contributed by atoms with E-state index in [-0.39, 0.29) is 0 Å². The molecule has 0 aliphatic carbocycles. The van der Waals surface area contributed by atoms with Gasteiger partial charge >= 0.3 is 0 Å². The summed E-state index contributed by atoms with van der Waals surface area (Å²) >= 11 is 0. The maximum absolute atomic E-state index is 4.31. The SMILES string of the molecule is CCC(NC)c1ccc(-c2ccnn2CC)cc1. The lowest BCUT2D eigenvalue weighted by molar-refractivity contribution is 0.577. The van der Waals surface area contributed by atoms with Gasteiger partial charge in [0.2, 0.25) is 0 Å². The van der Waals surface area contributed by atoms with E-state index < -0.39 is 0 Å². The molecule has 0 spiro atoms. The fourth-order valence-electron chi connectivity index (χ4n) is 2.32. The van der Waals surface area contributed by atoms with Gasteiger partial charge in [0, 0.05) is 18.8 Å². The van der Waals surface area contributed by atoms with Crippen LogP contribution in [-0.2, 0) is 6.54 Å². The molecule has 96 valence electrons. The molecule has 1 aromatic carbocycles. The third kappa shape index (κ3) is 2.46. The number of nitrogens with one attached hydrogen (secondary N) is 1. The van der Waals surface area contributed by atoms with Crippen LogP contribution in [0.1, 0.15) is 31.9 Å². The minimum atomic E-state index is 0.440. The van der Waals surface area contributed by atoms with Crippen LogP contribution >= 0.6 is 0 Å². The van der Waals surface area contributed by atoms with Crippen LogP contribution in [0.2, 0.25) is 0 Å². The van der Waals surface area contributed by atoms with E-state index >= 15 is 0 Å². The molecule has 2 rings (SSSR count). The molecule has 3 heteroatoms. The van der Waals surface area contributed by atoms with Crippen LogP contribution in [0.4, 0.5) is 0 Å². The Labute approximate surface area is 109 Å². The van der Waals surface area contributed by atoms with Crippen LogP contribution in [-0.4, -0.2) is 16.8 Å². The van der Waals surface area contributed by atoms with Crippen LogP contribution in [0.25, 0.3) is 11.3 Å². The zero-order valence-electron chi connectivity index (χ0n) is 11.4. The van der Waals surface area contributed by atoms with Crippen molar-refractivity contribution in [1.82, 2.24) is 15.1 Å². The molecule has 1 unspecified atom stereocenters. The highest BCUT2D eigenvalue weighted by atomic mass is 15.3. The molecule has 0 saturated heterocycles. The van der Waals surface area contributed by atoms with Gasteiger partial charge < -0.3 is 5.32 Å². The van der Waals surface area contributed by atoms with Crippen LogP contribution in [0.15, 0.2) is 36.5 Å². The molecule has 0 aliphatic heterocycles. The van der Waals surface area contributed by atoms with Crippen LogP contribution in [0.3, 0.4) is 0 Å². The number of rotatable bonds is 5. The molecule has 2 aromatic rings. The lowest BCUT2D eigenvalue weighted by atomic mass is 10.0. The van der Waals surface area contributed by atoms with Gasteiger partial charge in [0.15, 0.2) is 0 Å². The van der Waals surface area contributed by atoms with E-state index in [9.17, 15) is 0 Å². The molecule has 0 aliphatic rings. The topological polar surface area (TPSA) is 29.9 Å². The maximum atomic E-state index is 4.31. The summed E-state index contributed by atoms with van der Waals surface area (Å²) in [5, 5.41) is 7.63. The zero-order chi connectivity index (χ0) is 13.0. The number of aryl methyl sites for hydroxylation is 1. The van der Waals surface area contributed by atoms with Crippen molar-refractivity contribution in [3.63, 3.8) is 0 Å². The van der Waals surface area contributed by atoms with E-state index in [1.54, 1.807) is 0 Å². The van der Waals surface area contributed by atoms with Crippen molar-refractivity contribution in [2.75, 3.05) is 7.05 Å². The molecule has 3 nitrogen and oxygen atoms in total. The Hall–Kier alpha value is -1.61. The monoisotopic (exact) mass is 243 g/mol. The maximum Gasteiger partial charge on any atom is 0.0682 e. The normalized spacial score (nSPS) is 12.6. The van der Waals surface area contributed by atoms with Crippen LogP contribution < -0.4 is 5.32 Å². The van der Waals surface area contributed by atoms with E-state index in [0.29, 0.717) is 6.04 Å². The second-order valence-corrected chi connectivity index (χ2v) is 4.40. The summed E-state index contributed by atoms with van der Waals surface area (Å²) in [4.78, 5) is 0. The minimum absolute atomic E-state index is 0.440. The predicted octanol–water partition coefficient (Wildman–Crippen LogP) is 3.24. The molecule has 18 heavy (non-hydrogen) atoms. The van der Waals surface area contributed by atoms with Gasteiger partial charge in [0.25, 0.3) is 0 Å². The Balaban J connectivity index is 2.27. The Morgan fingerprint density at radius 1 is 1.17 bits per heavy atom. The molecule has 0 radical (unpaired) electrons. The molecular formula is C15H21N3. The number of aromatic nitrogens is 2. The highest BCUT2D eigenvalue weighted by Gasteiger charge is 2.08. The van der Waals surface area contributed by atoms with Crippen molar-refractivity contribution >= 4 is 0 Å². The zero-order valence-corrected chi connectivity index (χ0v) is 11.4. The average molecular weight is 243 g/mol. The molecule has 1 atom stereocenters. The second-order valence-electron chi connectivity index (χ2n) is 4.40. The number of hydrogen-bond donors (Lipinski definition) is 1. The van der Waals surface area contributed by atoms with E-state index in [0.717, 1.165) is 13.0 Å². The van der Waals surface area contributed by atoms with Gasteiger partial charge in [-0.2, -0.15) is 5.10 Å². The van der Waals surface area contributed by atoms with Crippen molar-refractivity contribution in [2.24, 2.45) is 0 Å². The third-order valence-electron chi connectivity index (χ3n) is 3.38. The quantitative estimate of drug-likeness (QED) is 0.873. The second kappa shape index (κ2) is 5.83. The Morgan fingerprint density at radius 2 is 1.89 bits per heavy atom.